The Kier molecular flexibility index (Phi) is 5.98. The fraction of sp³-hybridized carbons (Fsp3) is 0.889. The first kappa shape index (κ1) is 19.0. The Labute approximate surface area is 142 Å². The van der Waals surface area contributed by atoms with Crippen LogP contribution in [-0.4, -0.2) is 44.3 Å². The molecule has 1 aliphatic heterocycles. The molecular formula is C18H35NO3Si. The molecule has 2 N–H and O–H groups in total. The zero-order valence-corrected chi connectivity index (χ0v) is 16.7. The highest BCUT2D eigenvalue weighted by molar-refractivity contribution is 6.76. The molecule has 0 aromatic carbocycles. The van der Waals surface area contributed by atoms with Crippen LogP contribution >= 0.6 is 0 Å². The van der Waals surface area contributed by atoms with E-state index in [4.69, 9.17) is 9.47 Å². The van der Waals surface area contributed by atoms with Crippen molar-refractivity contribution in [3.8, 4) is 0 Å². The van der Waals surface area contributed by atoms with Crippen molar-refractivity contribution in [2.45, 2.75) is 83.7 Å². The monoisotopic (exact) mass is 341 g/mol. The van der Waals surface area contributed by atoms with E-state index in [9.17, 15) is 5.11 Å². The average Bonchev–Trinajstić information content (AvgIpc) is 3.10. The van der Waals surface area contributed by atoms with E-state index < -0.39 is 14.4 Å². The maximum Gasteiger partial charge on any atom is 0.186 e. The normalized spacial score (nSPS) is 34.1. The van der Waals surface area contributed by atoms with Gasteiger partial charge in [-0.15, -0.1) is 0 Å². The average molecular weight is 342 g/mol. The topological polar surface area (TPSA) is 54.0 Å². The number of allylic oxidation sites excluding steroid dienone is 1. The summed E-state index contributed by atoms with van der Waals surface area (Å²) in [5.41, 5.74) is 1.09. The maximum atomic E-state index is 9.87. The van der Waals surface area contributed by atoms with Crippen LogP contribution in [0.5, 0.6) is 0 Å². The SMILES string of the molecule is CCCNC1(CC)C(C2OC2O)=C(OCC[Si](C)(C)C)C[C@H]1C. The van der Waals surface area contributed by atoms with Crippen molar-refractivity contribution in [2.75, 3.05) is 13.2 Å². The van der Waals surface area contributed by atoms with Crippen LogP contribution in [0.1, 0.15) is 40.0 Å². The van der Waals surface area contributed by atoms with Gasteiger partial charge in [0.05, 0.1) is 6.61 Å². The van der Waals surface area contributed by atoms with Gasteiger partial charge in [-0.3, -0.25) is 0 Å². The molecule has 23 heavy (non-hydrogen) atoms. The second-order valence-electron chi connectivity index (χ2n) is 8.30. The number of hydrogen-bond acceptors (Lipinski definition) is 4. The highest BCUT2D eigenvalue weighted by Crippen LogP contribution is 2.49. The summed E-state index contributed by atoms with van der Waals surface area (Å²) < 4.78 is 11.7. The van der Waals surface area contributed by atoms with Crippen molar-refractivity contribution in [3.63, 3.8) is 0 Å². The third-order valence-corrected chi connectivity index (χ3v) is 6.95. The van der Waals surface area contributed by atoms with E-state index in [1.165, 1.54) is 5.57 Å². The summed E-state index contributed by atoms with van der Waals surface area (Å²) in [6.45, 7) is 15.6. The van der Waals surface area contributed by atoms with Crippen LogP contribution in [-0.2, 0) is 9.47 Å². The minimum absolute atomic E-state index is 0.0906. The molecule has 4 nitrogen and oxygen atoms in total. The van der Waals surface area contributed by atoms with E-state index in [2.05, 4.69) is 45.7 Å². The van der Waals surface area contributed by atoms with E-state index >= 15 is 0 Å². The second-order valence-corrected chi connectivity index (χ2v) is 13.9. The third kappa shape index (κ3) is 4.19. The fourth-order valence-electron chi connectivity index (χ4n) is 3.70. The summed E-state index contributed by atoms with van der Waals surface area (Å²) in [5, 5.41) is 13.6. The Hall–Kier alpha value is -0.363. The Morgan fingerprint density at radius 1 is 1.35 bits per heavy atom. The van der Waals surface area contributed by atoms with Crippen LogP contribution in [0.15, 0.2) is 11.3 Å². The van der Waals surface area contributed by atoms with Crippen molar-refractivity contribution in [1.82, 2.24) is 5.32 Å². The summed E-state index contributed by atoms with van der Waals surface area (Å²) in [6.07, 6.45) is 2.21. The second kappa shape index (κ2) is 7.26. The van der Waals surface area contributed by atoms with Gasteiger partial charge < -0.3 is 19.9 Å². The molecule has 0 radical (unpaired) electrons. The van der Waals surface area contributed by atoms with Crippen LogP contribution in [0.3, 0.4) is 0 Å². The molecule has 5 heteroatoms. The Balaban J connectivity index is 2.20. The van der Waals surface area contributed by atoms with Crippen molar-refractivity contribution >= 4 is 8.07 Å². The molecule has 2 rings (SSSR count). The standard InChI is InChI=1S/C18H35NO3Si/c1-7-9-19-18(8-2)13(3)12-14(15(18)16-17(20)22-16)21-10-11-23(4,5)6/h13,16-17,19-20H,7-12H2,1-6H3/t13-,16?,17?,18?/m1/s1. The van der Waals surface area contributed by atoms with Crippen molar-refractivity contribution in [1.29, 1.82) is 0 Å². The minimum atomic E-state index is -1.10. The van der Waals surface area contributed by atoms with Gasteiger partial charge in [-0.05, 0) is 31.3 Å². The van der Waals surface area contributed by atoms with Crippen LogP contribution < -0.4 is 5.32 Å². The fourth-order valence-corrected chi connectivity index (χ4v) is 4.42. The van der Waals surface area contributed by atoms with Crippen LogP contribution in [0.4, 0.5) is 0 Å². The van der Waals surface area contributed by atoms with Crippen molar-refractivity contribution in [2.24, 2.45) is 5.92 Å². The molecule has 0 bridgehead atoms. The molecule has 134 valence electrons. The van der Waals surface area contributed by atoms with Crippen LogP contribution in [0.25, 0.3) is 0 Å². The zero-order chi connectivity index (χ0) is 17.3. The smallest absolute Gasteiger partial charge is 0.186 e. The van der Waals surface area contributed by atoms with Crippen molar-refractivity contribution in [3.05, 3.63) is 11.3 Å². The largest absolute Gasteiger partial charge is 0.498 e. The molecule has 0 spiro atoms. The molecule has 1 fully saturated rings. The Morgan fingerprint density at radius 3 is 2.48 bits per heavy atom. The highest BCUT2D eigenvalue weighted by atomic mass is 28.3. The first-order valence-corrected chi connectivity index (χ1v) is 12.9. The number of aliphatic hydroxyl groups excluding tert-OH is 1. The van der Waals surface area contributed by atoms with Gasteiger partial charge in [-0.2, -0.15) is 0 Å². The van der Waals surface area contributed by atoms with E-state index in [0.29, 0.717) is 5.92 Å². The molecule has 0 aromatic rings. The molecule has 2 aliphatic rings. The van der Waals surface area contributed by atoms with E-state index in [1.807, 2.05) is 0 Å². The minimum Gasteiger partial charge on any atom is -0.498 e. The third-order valence-electron chi connectivity index (χ3n) is 5.24. The van der Waals surface area contributed by atoms with Gasteiger partial charge in [-0.1, -0.05) is 40.4 Å². The molecule has 1 heterocycles. The quantitative estimate of drug-likeness (QED) is 0.498. The summed E-state index contributed by atoms with van der Waals surface area (Å²) in [4.78, 5) is 0. The predicted octanol–water partition coefficient (Wildman–Crippen LogP) is 3.50. The summed E-state index contributed by atoms with van der Waals surface area (Å²) >= 11 is 0. The van der Waals surface area contributed by atoms with Gasteiger partial charge in [0.2, 0.25) is 0 Å². The van der Waals surface area contributed by atoms with E-state index in [-0.39, 0.29) is 11.6 Å². The summed E-state index contributed by atoms with van der Waals surface area (Å²) in [7, 11) is -1.10. The first-order valence-electron chi connectivity index (χ1n) is 9.20. The molecule has 0 amide bonds. The summed E-state index contributed by atoms with van der Waals surface area (Å²) in [6, 6.07) is 1.16. The van der Waals surface area contributed by atoms with Gasteiger partial charge in [0.25, 0.3) is 0 Å². The number of aliphatic hydroxyl groups is 1. The number of nitrogens with one attached hydrogen (secondary N) is 1. The molecular weight excluding hydrogens is 306 g/mol. The van der Waals surface area contributed by atoms with Crippen LogP contribution in [0, 0.1) is 5.92 Å². The van der Waals surface area contributed by atoms with Gasteiger partial charge in [0.15, 0.2) is 6.29 Å². The molecule has 1 saturated heterocycles. The van der Waals surface area contributed by atoms with Gasteiger partial charge in [0.1, 0.15) is 11.9 Å². The van der Waals surface area contributed by atoms with E-state index in [1.54, 1.807) is 0 Å². The molecule has 0 aromatic heterocycles. The molecule has 1 aliphatic carbocycles. The number of epoxide rings is 1. The number of rotatable bonds is 9. The Morgan fingerprint density at radius 2 is 2.00 bits per heavy atom. The lowest BCUT2D eigenvalue weighted by atomic mass is 9.79. The highest BCUT2D eigenvalue weighted by Gasteiger charge is 2.55. The first-order chi connectivity index (χ1) is 10.7. The lowest BCUT2D eigenvalue weighted by Gasteiger charge is -2.36. The number of ether oxygens (including phenoxy) is 2. The van der Waals surface area contributed by atoms with Gasteiger partial charge >= 0.3 is 0 Å². The van der Waals surface area contributed by atoms with Crippen LogP contribution in [0.2, 0.25) is 25.7 Å². The molecule has 4 atom stereocenters. The number of hydrogen-bond donors (Lipinski definition) is 2. The summed E-state index contributed by atoms with van der Waals surface area (Å²) in [5.74, 6) is 1.54. The molecule has 3 unspecified atom stereocenters. The maximum absolute atomic E-state index is 9.87. The lowest BCUT2D eigenvalue weighted by Crippen LogP contribution is -2.51. The zero-order valence-electron chi connectivity index (χ0n) is 15.7. The van der Waals surface area contributed by atoms with Gasteiger partial charge in [-0.25, -0.2) is 0 Å². The van der Waals surface area contributed by atoms with E-state index in [0.717, 1.165) is 44.2 Å². The van der Waals surface area contributed by atoms with Crippen molar-refractivity contribution < 1.29 is 14.6 Å². The lowest BCUT2D eigenvalue weighted by molar-refractivity contribution is 0.156. The predicted molar refractivity (Wildman–Crippen MR) is 97.1 cm³/mol. The Bertz CT molecular complexity index is 446. The van der Waals surface area contributed by atoms with Gasteiger partial charge in [0, 0.05) is 25.6 Å². The molecule has 0 saturated carbocycles.